The van der Waals surface area contributed by atoms with E-state index in [-0.39, 0.29) is 24.6 Å². The number of amides is 1. The predicted octanol–water partition coefficient (Wildman–Crippen LogP) is 1.95. The van der Waals surface area contributed by atoms with Crippen molar-refractivity contribution in [2.24, 2.45) is 5.73 Å². The van der Waals surface area contributed by atoms with Crippen molar-refractivity contribution in [1.82, 2.24) is 9.97 Å². The number of halogens is 1. The second kappa shape index (κ2) is 7.90. The maximum absolute atomic E-state index is 12.1. The third kappa shape index (κ3) is 4.84. The fraction of sp³-hybridized carbons (Fsp3) is 0.250. The number of benzene rings is 1. The van der Waals surface area contributed by atoms with Crippen molar-refractivity contribution in [2.75, 3.05) is 17.3 Å². The molecule has 0 aliphatic heterocycles. The van der Waals surface area contributed by atoms with Gasteiger partial charge in [0, 0.05) is 11.9 Å². The number of H-pyrrole nitrogens is 1. The summed E-state index contributed by atoms with van der Waals surface area (Å²) in [4.78, 5) is 19.6. The number of aromatic amines is 1. The molecule has 0 aliphatic rings. The number of hydrogen-bond acceptors (Lipinski definition) is 6. The van der Waals surface area contributed by atoms with E-state index >= 15 is 0 Å². The number of nitrogens with zero attached hydrogens (tertiary/aromatic N) is 1. The van der Waals surface area contributed by atoms with Crippen LogP contribution in [0.4, 0.5) is 5.69 Å². The Morgan fingerprint density at radius 3 is 2.81 bits per heavy atom. The molecule has 2 heterocycles. The van der Waals surface area contributed by atoms with Gasteiger partial charge in [-0.25, -0.2) is 13.4 Å². The van der Waals surface area contributed by atoms with Crippen LogP contribution < -0.4 is 11.1 Å². The third-order valence-corrected chi connectivity index (χ3v) is 4.62. The number of sulfone groups is 1. The first kappa shape index (κ1) is 20.0. The summed E-state index contributed by atoms with van der Waals surface area (Å²) in [5, 5.41) is 2.68. The highest BCUT2D eigenvalue weighted by Crippen LogP contribution is 2.23. The standard InChI is InChI=1S/C16H18N4O4S.ClH/c1-25(22,23)8-6-11(17)16(21)18-10-4-5-12-13(9-10)20-15(19-12)14-3-2-7-24-14;/h2-5,7,9,11H,6,8,17H2,1H3,(H,18,21)(H,19,20);1H. The number of fused-ring (bicyclic) bond motifs is 1. The van der Waals surface area contributed by atoms with Gasteiger partial charge in [-0.2, -0.15) is 0 Å². The highest BCUT2D eigenvalue weighted by Gasteiger charge is 2.16. The van der Waals surface area contributed by atoms with Gasteiger partial charge in [-0.15, -0.1) is 12.4 Å². The highest BCUT2D eigenvalue weighted by atomic mass is 35.5. The van der Waals surface area contributed by atoms with Gasteiger partial charge >= 0.3 is 0 Å². The summed E-state index contributed by atoms with van der Waals surface area (Å²) in [5.41, 5.74) is 7.75. The Balaban J connectivity index is 0.00000243. The van der Waals surface area contributed by atoms with Crippen LogP contribution in [-0.2, 0) is 14.6 Å². The number of nitrogens with two attached hydrogens (primary N) is 1. The van der Waals surface area contributed by atoms with E-state index in [0.717, 1.165) is 17.3 Å². The van der Waals surface area contributed by atoms with E-state index in [4.69, 9.17) is 10.2 Å². The van der Waals surface area contributed by atoms with Crippen molar-refractivity contribution in [3.8, 4) is 11.6 Å². The second-order valence-electron chi connectivity index (χ2n) is 5.81. The number of aromatic nitrogens is 2. The Morgan fingerprint density at radius 2 is 2.15 bits per heavy atom. The average molecular weight is 399 g/mol. The van der Waals surface area contributed by atoms with Crippen LogP contribution in [0.5, 0.6) is 0 Å². The molecule has 0 saturated carbocycles. The summed E-state index contributed by atoms with van der Waals surface area (Å²) in [5.74, 6) is 0.639. The monoisotopic (exact) mass is 398 g/mol. The highest BCUT2D eigenvalue weighted by molar-refractivity contribution is 7.90. The van der Waals surface area contributed by atoms with E-state index in [1.807, 2.05) is 0 Å². The summed E-state index contributed by atoms with van der Waals surface area (Å²) in [6.45, 7) is 0. The molecule has 0 bridgehead atoms. The molecular weight excluding hydrogens is 380 g/mol. The lowest BCUT2D eigenvalue weighted by Gasteiger charge is -2.11. The van der Waals surface area contributed by atoms with E-state index in [1.54, 1.807) is 36.6 Å². The van der Waals surface area contributed by atoms with Crippen LogP contribution in [0.3, 0.4) is 0 Å². The molecule has 0 radical (unpaired) electrons. The first-order valence-corrected chi connectivity index (χ1v) is 9.66. The largest absolute Gasteiger partial charge is 0.461 e. The van der Waals surface area contributed by atoms with E-state index in [0.29, 0.717) is 17.3 Å². The van der Waals surface area contributed by atoms with Gasteiger partial charge in [-0.05, 0) is 36.8 Å². The van der Waals surface area contributed by atoms with Gasteiger partial charge in [-0.1, -0.05) is 0 Å². The molecule has 1 aromatic carbocycles. The number of carbonyl (C=O) groups excluding carboxylic acids is 1. The first-order chi connectivity index (χ1) is 11.8. The van der Waals surface area contributed by atoms with E-state index in [9.17, 15) is 13.2 Å². The van der Waals surface area contributed by atoms with Crippen LogP contribution in [0.1, 0.15) is 6.42 Å². The van der Waals surface area contributed by atoms with Crippen LogP contribution in [0.15, 0.2) is 41.0 Å². The van der Waals surface area contributed by atoms with Gasteiger partial charge in [0.1, 0.15) is 9.84 Å². The van der Waals surface area contributed by atoms with Crippen LogP contribution >= 0.6 is 12.4 Å². The topological polar surface area (TPSA) is 131 Å². The molecule has 1 atom stereocenters. The maximum atomic E-state index is 12.1. The Labute approximate surface area is 156 Å². The molecule has 140 valence electrons. The fourth-order valence-corrected chi connectivity index (χ4v) is 3.01. The summed E-state index contributed by atoms with van der Waals surface area (Å²) in [7, 11) is -3.16. The number of furan rings is 1. The Morgan fingerprint density at radius 1 is 1.38 bits per heavy atom. The van der Waals surface area contributed by atoms with Crippen molar-refractivity contribution in [2.45, 2.75) is 12.5 Å². The molecule has 26 heavy (non-hydrogen) atoms. The number of imidazole rings is 1. The van der Waals surface area contributed by atoms with Gasteiger partial charge in [0.05, 0.1) is 29.1 Å². The minimum atomic E-state index is -3.16. The minimum absolute atomic E-state index is 0. The second-order valence-corrected chi connectivity index (χ2v) is 8.07. The molecule has 8 nitrogen and oxygen atoms in total. The van der Waals surface area contributed by atoms with Gasteiger partial charge in [-0.3, -0.25) is 4.79 Å². The number of hydrogen-bond donors (Lipinski definition) is 3. The molecule has 1 amide bonds. The zero-order chi connectivity index (χ0) is 18.0. The first-order valence-electron chi connectivity index (χ1n) is 7.60. The lowest BCUT2D eigenvalue weighted by molar-refractivity contribution is -0.117. The van der Waals surface area contributed by atoms with Gasteiger partial charge in [0.15, 0.2) is 11.6 Å². The molecule has 1 unspecified atom stereocenters. The van der Waals surface area contributed by atoms with Crippen molar-refractivity contribution in [3.05, 3.63) is 36.6 Å². The molecule has 0 spiro atoms. The lowest BCUT2D eigenvalue weighted by atomic mass is 10.2. The smallest absolute Gasteiger partial charge is 0.241 e. The number of carbonyl (C=O) groups is 1. The maximum Gasteiger partial charge on any atom is 0.241 e. The zero-order valence-corrected chi connectivity index (χ0v) is 15.6. The van der Waals surface area contributed by atoms with Crippen LogP contribution in [-0.4, -0.2) is 42.3 Å². The average Bonchev–Trinajstić information content (AvgIpc) is 3.20. The number of nitrogens with one attached hydrogen (secondary N) is 2. The van der Waals surface area contributed by atoms with Gasteiger partial charge < -0.3 is 20.5 Å². The van der Waals surface area contributed by atoms with Crippen molar-refractivity contribution < 1.29 is 17.6 Å². The van der Waals surface area contributed by atoms with Crippen LogP contribution in [0, 0.1) is 0 Å². The van der Waals surface area contributed by atoms with E-state index in [2.05, 4.69) is 15.3 Å². The van der Waals surface area contributed by atoms with Crippen molar-refractivity contribution in [3.63, 3.8) is 0 Å². The SMILES string of the molecule is CS(=O)(=O)CCC(N)C(=O)Nc1ccc2nc(-c3ccco3)[nH]c2c1.Cl. The Hall–Kier alpha value is -2.36. The van der Waals surface area contributed by atoms with Crippen molar-refractivity contribution in [1.29, 1.82) is 0 Å². The lowest BCUT2D eigenvalue weighted by Crippen LogP contribution is -2.37. The number of rotatable bonds is 6. The molecule has 0 fully saturated rings. The Kier molecular flexibility index (Phi) is 6.06. The summed E-state index contributed by atoms with van der Waals surface area (Å²) in [6.07, 6.45) is 2.74. The van der Waals surface area contributed by atoms with E-state index in [1.165, 1.54) is 0 Å². The molecule has 3 rings (SSSR count). The summed E-state index contributed by atoms with van der Waals surface area (Å²) >= 11 is 0. The molecule has 2 aromatic heterocycles. The van der Waals surface area contributed by atoms with Crippen molar-refractivity contribution >= 4 is 44.9 Å². The normalized spacial score (nSPS) is 12.5. The molecule has 3 aromatic rings. The molecule has 4 N–H and O–H groups in total. The minimum Gasteiger partial charge on any atom is -0.461 e. The zero-order valence-electron chi connectivity index (χ0n) is 13.9. The van der Waals surface area contributed by atoms with E-state index < -0.39 is 21.8 Å². The van der Waals surface area contributed by atoms with Gasteiger partial charge in [0.2, 0.25) is 5.91 Å². The molecule has 10 heteroatoms. The van der Waals surface area contributed by atoms with Crippen LogP contribution in [0.2, 0.25) is 0 Å². The molecule has 0 aliphatic carbocycles. The predicted molar refractivity (Wildman–Crippen MR) is 102 cm³/mol. The Bertz CT molecular complexity index is 999. The summed E-state index contributed by atoms with van der Waals surface area (Å²) < 4.78 is 27.6. The van der Waals surface area contributed by atoms with Gasteiger partial charge in [0.25, 0.3) is 0 Å². The molecule has 0 saturated heterocycles. The molecular formula is C16H19ClN4O4S. The number of anilines is 1. The van der Waals surface area contributed by atoms with Crippen LogP contribution in [0.25, 0.3) is 22.6 Å². The quantitative estimate of drug-likeness (QED) is 0.581. The third-order valence-electron chi connectivity index (χ3n) is 3.64. The summed E-state index contributed by atoms with van der Waals surface area (Å²) in [6, 6.07) is 7.86. The fourth-order valence-electron chi connectivity index (χ4n) is 2.32.